The first-order chi connectivity index (χ1) is 7.54. The van der Waals surface area contributed by atoms with Gasteiger partial charge in [-0.2, -0.15) is 0 Å². The molecule has 2 heterocycles. The number of amides is 1. The molecule has 2 rings (SSSR count). The molecule has 1 amide bonds. The standard InChI is InChI=1S/C11H15IN2O2/c1-7-3-10(12)13-11(4-7)16-9-5-14(6-9)8(2)15/h3-4,9-10,13H,5-6H2,1-2H3. The normalized spacial score (nSPS) is 25.2. The lowest BCUT2D eigenvalue weighted by Gasteiger charge is -2.39. The summed E-state index contributed by atoms with van der Waals surface area (Å²) in [5.41, 5.74) is 1.20. The van der Waals surface area contributed by atoms with Gasteiger partial charge in [0.25, 0.3) is 0 Å². The molecule has 1 atom stereocenters. The molecule has 1 saturated heterocycles. The Morgan fingerprint density at radius 2 is 2.31 bits per heavy atom. The highest BCUT2D eigenvalue weighted by Crippen LogP contribution is 2.19. The second-order valence-corrected chi connectivity index (χ2v) is 5.47. The van der Waals surface area contributed by atoms with Gasteiger partial charge in [-0.05, 0) is 18.6 Å². The van der Waals surface area contributed by atoms with E-state index in [1.807, 2.05) is 6.08 Å². The van der Waals surface area contributed by atoms with Crippen LogP contribution in [0.5, 0.6) is 0 Å². The van der Waals surface area contributed by atoms with Crippen molar-refractivity contribution in [3.8, 4) is 0 Å². The summed E-state index contributed by atoms with van der Waals surface area (Å²) in [6.07, 6.45) is 4.26. The Morgan fingerprint density at radius 1 is 1.62 bits per heavy atom. The predicted octanol–water partition coefficient (Wildman–Crippen LogP) is 1.39. The van der Waals surface area contributed by atoms with E-state index >= 15 is 0 Å². The molecule has 0 spiro atoms. The molecule has 0 saturated carbocycles. The van der Waals surface area contributed by atoms with E-state index in [0.29, 0.717) is 13.1 Å². The van der Waals surface area contributed by atoms with Crippen molar-refractivity contribution in [3.63, 3.8) is 0 Å². The minimum absolute atomic E-state index is 0.119. The van der Waals surface area contributed by atoms with Crippen LogP contribution in [0.15, 0.2) is 23.6 Å². The highest BCUT2D eigenvalue weighted by atomic mass is 127. The van der Waals surface area contributed by atoms with Crippen LogP contribution in [0.25, 0.3) is 0 Å². The molecular formula is C11H15IN2O2. The summed E-state index contributed by atoms with van der Waals surface area (Å²) >= 11 is 2.31. The fraction of sp³-hybridized carbons (Fsp3) is 0.545. The monoisotopic (exact) mass is 334 g/mol. The van der Waals surface area contributed by atoms with E-state index in [-0.39, 0.29) is 16.1 Å². The summed E-state index contributed by atoms with van der Waals surface area (Å²) in [5.74, 6) is 0.931. The Kier molecular flexibility index (Phi) is 3.41. The largest absolute Gasteiger partial charge is 0.472 e. The molecule has 2 aliphatic heterocycles. The van der Waals surface area contributed by atoms with E-state index in [1.165, 1.54) is 5.57 Å². The van der Waals surface area contributed by atoms with Gasteiger partial charge in [0.1, 0.15) is 6.10 Å². The minimum Gasteiger partial charge on any atom is -0.472 e. The second-order valence-electron chi connectivity index (χ2n) is 4.13. The lowest BCUT2D eigenvalue weighted by atomic mass is 10.1. The third-order valence-corrected chi connectivity index (χ3v) is 3.31. The van der Waals surface area contributed by atoms with Gasteiger partial charge in [-0.1, -0.05) is 22.6 Å². The van der Waals surface area contributed by atoms with E-state index in [9.17, 15) is 4.79 Å². The molecule has 5 heteroatoms. The molecule has 1 fully saturated rings. The number of hydrogen-bond donors (Lipinski definition) is 1. The number of halogens is 1. The first-order valence-electron chi connectivity index (χ1n) is 5.27. The second kappa shape index (κ2) is 4.65. The average Bonchev–Trinajstić information content (AvgIpc) is 2.08. The fourth-order valence-electron chi connectivity index (χ4n) is 1.72. The van der Waals surface area contributed by atoms with Crippen molar-refractivity contribution >= 4 is 28.5 Å². The molecular weight excluding hydrogens is 319 g/mol. The zero-order valence-electron chi connectivity index (χ0n) is 9.37. The minimum atomic E-state index is 0.119. The fourth-order valence-corrected chi connectivity index (χ4v) is 2.60. The molecule has 0 aromatic rings. The molecule has 4 nitrogen and oxygen atoms in total. The Balaban J connectivity index is 1.84. The maximum atomic E-state index is 11.0. The first-order valence-corrected chi connectivity index (χ1v) is 6.52. The van der Waals surface area contributed by atoms with E-state index < -0.39 is 0 Å². The highest BCUT2D eigenvalue weighted by molar-refractivity contribution is 14.1. The maximum absolute atomic E-state index is 11.0. The number of likely N-dealkylation sites (tertiary alicyclic amines) is 1. The van der Waals surface area contributed by atoms with Crippen LogP contribution >= 0.6 is 22.6 Å². The molecule has 1 N–H and O–H groups in total. The summed E-state index contributed by atoms with van der Waals surface area (Å²) in [6.45, 7) is 5.03. The number of allylic oxidation sites excluding steroid dienone is 2. The van der Waals surface area contributed by atoms with Crippen molar-refractivity contribution in [2.45, 2.75) is 24.0 Å². The molecule has 1 unspecified atom stereocenters. The topological polar surface area (TPSA) is 41.6 Å². The van der Waals surface area contributed by atoms with Crippen molar-refractivity contribution in [1.29, 1.82) is 0 Å². The Bertz CT molecular complexity index is 359. The van der Waals surface area contributed by atoms with E-state index in [4.69, 9.17) is 4.74 Å². The lowest BCUT2D eigenvalue weighted by molar-refractivity contribution is -0.140. The van der Waals surface area contributed by atoms with Crippen LogP contribution < -0.4 is 5.32 Å². The lowest BCUT2D eigenvalue weighted by Crippen LogP contribution is -2.54. The molecule has 0 aromatic carbocycles. The Hall–Kier alpha value is -0.720. The number of ether oxygens (including phenoxy) is 1. The number of alkyl halides is 1. The molecule has 0 aromatic heterocycles. The van der Waals surface area contributed by atoms with E-state index in [0.717, 1.165) is 5.88 Å². The maximum Gasteiger partial charge on any atom is 0.219 e. The molecule has 0 aliphatic carbocycles. The van der Waals surface area contributed by atoms with Crippen LogP contribution in [-0.4, -0.2) is 34.0 Å². The van der Waals surface area contributed by atoms with Crippen LogP contribution in [0, 0.1) is 0 Å². The quantitative estimate of drug-likeness (QED) is 0.471. The van der Waals surface area contributed by atoms with Crippen molar-refractivity contribution in [1.82, 2.24) is 10.2 Å². The number of hydrogen-bond acceptors (Lipinski definition) is 3. The van der Waals surface area contributed by atoms with Gasteiger partial charge >= 0.3 is 0 Å². The summed E-state index contributed by atoms with van der Waals surface area (Å²) in [5, 5.41) is 3.24. The third-order valence-electron chi connectivity index (χ3n) is 2.64. The van der Waals surface area contributed by atoms with Crippen molar-refractivity contribution in [3.05, 3.63) is 23.6 Å². The summed E-state index contributed by atoms with van der Waals surface area (Å²) in [6, 6.07) is 0. The summed E-state index contributed by atoms with van der Waals surface area (Å²) < 4.78 is 6.04. The number of nitrogens with zero attached hydrogens (tertiary/aromatic N) is 1. The van der Waals surface area contributed by atoms with Crippen LogP contribution in [0.4, 0.5) is 0 Å². The molecule has 88 valence electrons. The molecule has 0 bridgehead atoms. The van der Waals surface area contributed by atoms with Crippen LogP contribution in [-0.2, 0) is 9.53 Å². The number of carbonyl (C=O) groups is 1. The van der Waals surface area contributed by atoms with Gasteiger partial charge in [-0.25, -0.2) is 0 Å². The molecule has 16 heavy (non-hydrogen) atoms. The van der Waals surface area contributed by atoms with Gasteiger partial charge in [0.15, 0.2) is 5.88 Å². The highest BCUT2D eigenvalue weighted by Gasteiger charge is 2.31. The van der Waals surface area contributed by atoms with E-state index in [2.05, 4.69) is 40.9 Å². The Morgan fingerprint density at radius 3 is 2.88 bits per heavy atom. The number of nitrogens with one attached hydrogen (secondary N) is 1. The molecule has 0 radical (unpaired) electrons. The Labute approximate surface area is 109 Å². The number of rotatable bonds is 2. The number of carbonyl (C=O) groups excluding carboxylic acids is 1. The van der Waals surface area contributed by atoms with Gasteiger partial charge in [0, 0.05) is 13.0 Å². The van der Waals surface area contributed by atoms with Gasteiger partial charge < -0.3 is 15.0 Å². The zero-order chi connectivity index (χ0) is 11.7. The van der Waals surface area contributed by atoms with Crippen molar-refractivity contribution in [2.75, 3.05) is 13.1 Å². The van der Waals surface area contributed by atoms with Gasteiger partial charge in [-0.3, -0.25) is 4.79 Å². The predicted molar refractivity (Wildman–Crippen MR) is 69.9 cm³/mol. The average molecular weight is 334 g/mol. The van der Waals surface area contributed by atoms with E-state index in [1.54, 1.807) is 11.8 Å². The summed E-state index contributed by atoms with van der Waals surface area (Å²) in [7, 11) is 0. The molecule has 2 aliphatic rings. The van der Waals surface area contributed by atoms with Crippen molar-refractivity contribution < 1.29 is 9.53 Å². The van der Waals surface area contributed by atoms with Crippen LogP contribution in [0.3, 0.4) is 0 Å². The number of dihydropyridines is 1. The van der Waals surface area contributed by atoms with Gasteiger partial charge in [0.2, 0.25) is 5.91 Å². The van der Waals surface area contributed by atoms with Crippen molar-refractivity contribution in [2.24, 2.45) is 0 Å². The SMILES string of the molecule is CC(=O)N1CC(OC2=CC(C)=CC(I)N2)C1. The zero-order valence-corrected chi connectivity index (χ0v) is 11.5. The first kappa shape index (κ1) is 11.8. The van der Waals surface area contributed by atoms with Crippen LogP contribution in [0.2, 0.25) is 0 Å². The summed E-state index contributed by atoms with van der Waals surface area (Å²) in [4.78, 5) is 12.8. The third kappa shape index (κ3) is 2.69. The van der Waals surface area contributed by atoms with Gasteiger partial charge in [0.05, 0.1) is 17.1 Å². The smallest absolute Gasteiger partial charge is 0.219 e. The van der Waals surface area contributed by atoms with Gasteiger partial charge in [-0.15, -0.1) is 0 Å². The van der Waals surface area contributed by atoms with Crippen LogP contribution in [0.1, 0.15) is 13.8 Å².